The van der Waals surface area contributed by atoms with E-state index in [0.717, 1.165) is 52.0 Å². The Hall–Kier alpha value is -2.84. The zero-order valence-corrected chi connectivity index (χ0v) is 27.6. The molecule has 0 bridgehead atoms. The van der Waals surface area contributed by atoms with Crippen molar-refractivity contribution in [3.63, 3.8) is 0 Å². The largest absolute Gasteiger partial charge is 0.462 e. The second-order valence-corrected chi connectivity index (χ2v) is 12.3. The lowest BCUT2D eigenvalue weighted by Crippen LogP contribution is -2.40. The molecule has 2 aliphatic heterocycles. The standard InChI is InChI=1S/C31H35ClF3IN6O2/c1-20(31(33,34)35)29(43)42(19-36)16-15-40(3)28-23-12-14-41(26-11-5-8-21-7-4-10-24(32)27(21)26)17-25(23)37-30(38-28)44-18-22-9-6-13-39(22)2/h4-5,7-8,10-11,22H,1,6,9,12-19H2,2-3H3/t22-/m0/s1. The Balaban J connectivity index is 1.42. The van der Waals surface area contributed by atoms with Gasteiger partial charge in [-0.2, -0.15) is 23.1 Å². The summed E-state index contributed by atoms with van der Waals surface area (Å²) in [5, 5.41) is 2.71. The average Bonchev–Trinajstić information content (AvgIpc) is 3.42. The number of anilines is 2. The molecule has 0 radical (unpaired) electrons. The number of nitrogens with zero attached hydrogens (tertiary/aromatic N) is 6. The molecule has 2 aromatic carbocycles. The highest BCUT2D eigenvalue weighted by molar-refractivity contribution is 14.1. The van der Waals surface area contributed by atoms with Crippen LogP contribution in [0, 0.1) is 0 Å². The number of rotatable bonds is 10. The second kappa shape index (κ2) is 13.7. The molecule has 5 rings (SSSR count). The van der Waals surface area contributed by atoms with Crippen LogP contribution in [0.5, 0.6) is 6.01 Å². The first-order valence-corrected chi connectivity index (χ1v) is 16.4. The summed E-state index contributed by atoms with van der Waals surface area (Å²) in [4.78, 5) is 29.7. The molecular formula is C31H35ClF3IN6O2. The number of carbonyl (C=O) groups is 1. The lowest BCUT2D eigenvalue weighted by molar-refractivity contribution is -0.138. The van der Waals surface area contributed by atoms with E-state index in [1.165, 1.54) is 0 Å². The Morgan fingerprint density at radius 1 is 1.18 bits per heavy atom. The van der Waals surface area contributed by atoms with Crippen LogP contribution in [-0.4, -0.2) is 89.3 Å². The van der Waals surface area contributed by atoms with E-state index in [4.69, 9.17) is 26.3 Å². The molecule has 0 saturated carbocycles. The zero-order chi connectivity index (χ0) is 31.6. The van der Waals surface area contributed by atoms with Crippen molar-refractivity contribution < 1.29 is 22.7 Å². The SMILES string of the molecule is C=C(C(=O)N(CI)CCN(C)c1nc(OC[C@@H]2CCCN2C)nc2c1CCN(c1cccc3cccc(Cl)c13)C2)C(F)(F)F. The minimum Gasteiger partial charge on any atom is -0.462 e. The van der Waals surface area contributed by atoms with Gasteiger partial charge in [0.25, 0.3) is 5.91 Å². The number of likely N-dealkylation sites (N-methyl/N-ethyl adjacent to an activating group) is 2. The van der Waals surface area contributed by atoms with E-state index in [1.807, 2.05) is 64.9 Å². The molecule has 3 aromatic rings. The Morgan fingerprint density at radius 2 is 1.93 bits per heavy atom. The number of hydrogen-bond donors (Lipinski definition) is 0. The van der Waals surface area contributed by atoms with Gasteiger partial charge in [-0.1, -0.05) is 65.0 Å². The van der Waals surface area contributed by atoms with E-state index in [-0.39, 0.29) is 29.7 Å². The van der Waals surface area contributed by atoms with Crippen molar-refractivity contribution in [1.29, 1.82) is 0 Å². The van der Waals surface area contributed by atoms with Gasteiger partial charge in [0.05, 0.1) is 21.8 Å². The number of alkyl halides is 4. The lowest BCUT2D eigenvalue weighted by atomic mass is 10.0. The van der Waals surface area contributed by atoms with Crippen LogP contribution in [0.3, 0.4) is 0 Å². The summed E-state index contributed by atoms with van der Waals surface area (Å²) in [6.07, 6.45) is -1.99. The van der Waals surface area contributed by atoms with Crippen LogP contribution in [0.15, 0.2) is 48.6 Å². The van der Waals surface area contributed by atoms with Gasteiger partial charge >= 0.3 is 12.2 Å². The van der Waals surface area contributed by atoms with Gasteiger partial charge in [0.1, 0.15) is 18.0 Å². The highest BCUT2D eigenvalue weighted by Crippen LogP contribution is 2.37. The van der Waals surface area contributed by atoms with E-state index >= 15 is 0 Å². The highest BCUT2D eigenvalue weighted by atomic mass is 127. The van der Waals surface area contributed by atoms with Crippen molar-refractivity contribution in [3.05, 3.63) is 64.8 Å². The molecule has 0 spiro atoms. The first-order chi connectivity index (χ1) is 21.0. The fourth-order valence-electron chi connectivity index (χ4n) is 5.78. The number of amides is 1. The summed E-state index contributed by atoms with van der Waals surface area (Å²) >= 11 is 8.54. The van der Waals surface area contributed by atoms with E-state index in [0.29, 0.717) is 37.0 Å². The van der Waals surface area contributed by atoms with Gasteiger partial charge in [0.2, 0.25) is 0 Å². The van der Waals surface area contributed by atoms with Crippen molar-refractivity contribution in [2.75, 3.05) is 61.2 Å². The minimum atomic E-state index is -4.78. The normalized spacial score (nSPS) is 17.1. The molecular weight excluding hydrogens is 708 g/mol. The van der Waals surface area contributed by atoms with Gasteiger partial charge in [0, 0.05) is 49.4 Å². The van der Waals surface area contributed by atoms with Gasteiger partial charge in [-0.25, -0.2) is 0 Å². The van der Waals surface area contributed by atoms with E-state index in [9.17, 15) is 18.0 Å². The van der Waals surface area contributed by atoms with E-state index in [1.54, 1.807) is 0 Å². The van der Waals surface area contributed by atoms with Crippen LogP contribution in [0.25, 0.3) is 10.8 Å². The lowest BCUT2D eigenvalue weighted by Gasteiger charge is -2.34. The van der Waals surface area contributed by atoms with Gasteiger partial charge in [0.15, 0.2) is 0 Å². The van der Waals surface area contributed by atoms with E-state index < -0.39 is 17.7 Å². The summed E-state index contributed by atoms with van der Waals surface area (Å²) in [6, 6.07) is 12.5. The van der Waals surface area contributed by atoms with Gasteiger partial charge < -0.3 is 24.3 Å². The maximum atomic E-state index is 13.2. The summed E-state index contributed by atoms with van der Waals surface area (Å²) in [5.41, 5.74) is 1.41. The van der Waals surface area contributed by atoms with E-state index in [2.05, 4.69) is 29.5 Å². The summed E-state index contributed by atoms with van der Waals surface area (Å²) in [6.45, 7) is 5.98. The molecule has 8 nitrogen and oxygen atoms in total. The fraction of sp³-hybridized carbons (Fsp3) is 0.452. The predicted molar refractivity (Wildman–Crippen MR) is 176 cm³/mol. The summed E-state index contributed by atoms with van der Waals surface area (Å²) < 4.78 is 45.7. The number of ether oxygens (including phenoxy) is 1. The smallest absolute Gasteiger partial charge is 0.421 e. The molecule has 1 fully saturated rings. The van der Waals surface area contributed by atoms with Crippen LogP contribution in [0.1, 0.15) is 24.1 Å². The molecule has 236 valence electrons. The average molecular weight is 743 g/mol. The van der Waals surface area contributed by atoms with Crippen molar-refractivity contribution in [2.24, 2.45) is 0 Å². The number of benzene rings is 2. The topological polar surface area (TPSA) is 65.0 Å². The molecule has 44 heavy (non-hydrogen) atoms. The van der Waals surface area contributed by atoms with Crippen molar-refractivity contribution in [2.45, 2.75) is 38.0 Å². The van der Waals surface area contributed by atoms with Crippen molar-refractivity contribution in [1.82, 2.24) is 19.8 Å². The zero-order valence-electron chi connectivity index (χ0n) is 24.7. The Morgan fingerprint density at radius 3 is 2.61 bits per heavy atom. The van der Waals surface area contributed by atoms with Crippen LogP contribution < -0.4 is 14.5 Å². The van der Waals surface area contributed by atoms with Crippen molar-refractivity contribution in [3.8, 4) is 6.01 Å². The first kappa shape index (κ1) is 32.6. The summed E-state index contributed by atoms with van der Waals surface area (Å²) in [7, 11) is 3.90. The molecule has 0 unspecified atom stereocenters. The molecule has 0 N–H and O–H groups in total. The molecule has 1 amide bonds. The molecule has 13 heteroatoms. The van der Waals surface area contributed by atoms with Gasteiger partial charge in [-0.15, -0.1) is 0 Å². The van der Waals surface area contributed by atoms with Gasteiger partial charge in [-0.3, -0.25) is 4.79 Å². The minimum absolute atomic E-state index is 0.0653. The van der Waals surface area contributed by atoms with Gasteiger partial charge in [-0.05, 0) is 50.4 Å². The molecule has 1 aromatic heterocycles. The number of carbonyl (C=O) groups excluding carboxylic acids is 1. The Kier molecular flexibility index (Phi) is 10.1. The van der Waals surface area contributed by atoms with Crippen LogP contribution in [0.4, 0.5) is 24.7 Å². The third-order valence-corrected chi connectivity index (χ3v) is 9.51. The first-order valence-electron chi connectivity index (χ1n) is 14.5. The molecule has 3 heterocycles. The van der Waals surface area contributed by atoms with Crippen LogP contribution >= 0.6 is 34.2 Å². The Labute approximate surface area is 273 Å². The van der Waals surface area contributed by atoms with Crippen molar-refractivity contribution >= 4 is 62.4 Å². The quantitative estimate of drug-likeness (QED) is 0.108. The predicted octanol–water partition coefficient (Wildman–Crippen LogP) is 6.09. The number of hydrogen-bond acceptors (Lipinski definition) is 7. The number of halogens is 5. The third-order valence-electron chi connectivity index (χ3n) is 8.37. The van der Waals surface area contributed by atoms with Crippen LogP contribution in [-0.2, 0) is 17.8 Å². The molecule has 1 saturated heterocycles. The fourth-order valence-corrected chi connectivity index (χ4v) is 6.71. The summed E-state index contributed by atoms with van der Waals surface area (Å²) in [5.74, 6) is -0.477. The maximum Gasteiger partial charge on any atom is 0.421 e. The molecule has 1 atom stereocenters. The monoisotopic (exact) mass is 742 g/mol. The molecule has 2 aliphatic rings. The number of aromatic nitrogens is 2. The van der Waals surface area contributed by atoms with Crippen LogP contribution in [0.2, 0.25) is 5.02 Å². The number of fused-ring (bicyclic) bond motifs is 2. The third kappa shape index (κ3) is 7.02. The maximum absolute atomic E-state index is 13.2. The number of likely N-dealkylation sites (tertiary alicyclic amines) is 1. The second-order valence-electron chi connectivity index (χ2n) is 11.2. The Bertz CT molecular complexity index is 1540. The highest BCUT2D eigenvalue weighted by Gasteiger charge is 2.39. The molecule has 0 aliphatic carbocycles.